The van der Waals surface area contributed by atoms with Crippen molar-refractivity contribution in [3.8, 4) is 0 Å². The predicted molar refractivity (Wildman–Crippen MR) is 62.6 cm³/mol. The number of carbonyl (C=O) groups excluding carboxylic acids is 2. The van der Waals surface area contributed by atoms with E-state index in [2.05, 4.69) is 5.32 Å². The molecule has 2 aliphatic rings. The monoisotopic (exact) mass is 246 g/mol. The summed E-state index contributed by atoms with van der Waals surface area (Å²) in [5.74, 6) is 1.85. The molecule has 1 N–H and O–H groups in total. The molecule has 0 aromatic rings. The number of Topliss-reactive ketones (excluding diaryl/α,β-unsaturated/α-hetero) is 1. The van der Waals surface area contributed by atoms with Crippen LogP contribution in [0, 0.1) is 0 Å². The smallest absolute Gasteiger partial charge is 0.241 e. The van der Waals surface area contributed by atoms with Gasteiger partial charge < -0.3 is 4.90 Å². The fourth-order valence-corrected chi connectivity index (χ4v) is 4.02. The summed E-state index contributed by atoms with van der Waals surface area (Å²) >= 11 is 0. The Kier molecular flexibility index (Phi) is 3.58. The van der Waals surface area contributed by atoms with Crippen molar-refractivity contribution in [1.29, 1.82) is 0 Å². The van der Waals surface area contributed by atoms with E-state index in [0.29, 0.717) is 13.1 Å². The van der Waals surface area contributed by atoms with Crippen LogP contribution in [0.4, 0.5) is 0 Å². The average Bonchev–Trinajstić information content (AvgIpc) is 2.43. The normalized spacial score (nSPS) is 33.3. The lowest BCUT2D eigenvalue weighted by atomic mass is 10.1. The molecule has 4 nitrogen and oxygen atoms in total. The van der Waals surface area contributed by atoms with Crippen LogP contribution in [0.5, 0.6) is 0 Å². The van der Waals surface area contributed by atoms with E-state index in [9.17, 15) is 9.59 Å². The molecule has 2 rings (SSSR count). The molecule has 84 valence electrons. The lowest BCUT2D eigenvalue weighted by Gasteiger charge is -2.24. The highest BCUT2D eigenvalue weighted by molar-refractivity contribution is 8.76. The van der Waals surface area contributed by atoms with Crippen LogP contribution < -0.4 is 5.32 Å². The summed E-state index contributed by atoms with van der Waals surface area (Å²) < 4.78 is 0. The first-order chi connectivity index (χ1) is 7.20. The summed E-state index contributed by atoms with van der Waals surface area (Å²) in [4.78, 5) is 25.2. The van der Waals surface area contributed by atoms with E-state index < -0.39 is 0 Å². The summed E-state index contributed by atoms with van der Waals surface area (Å²) in [7, 11) is 3.41. The number of ketones is 1. The van der Waals surface area contributed by atoms with Crippen molar-refractivity contribution in [2.24, 2.45) is 0 Å². The van der Waals surface area contributed by atoms with E-state index in [0.717, 1.165) is 11.5 Å². The number of nitrogens with one attached hydrogen (secondary N) is 1. The lowest BCUT2D eigenvalue weighted by Crippen LogP contribution is -2.44. The molecule has 2 heterocycles. The number of amides is 1. The Labute approximate surface area is 96.9 Å². The van der Waals surface area contributed by atoms with Crippen molar-refractivity contribution < 1.29 is 9.59 Å². The van der Waals surface area contributed by atoms with Crippen LogP contribution in [0.2, 0.25) is 0 Å². The van der Waals surface area contributed by atoms with Crippen LogP contribution >= 0.6 is 21.6 Å². The number of hydrogen-bond acceptors (Lipinski definition) is 5. The largest absolute Gasteiger partial charge is 0.318 e. The van der Waals surface area contributed by atoms with Crippen molar-refractivity contribution in [1.82, 2.24) is 10.2 Å². The number of hydrogen-bond donors (Lipinski definition) is 1. The maximum absolute atomic E-state index is 11.8. The summed E-state index contributed by atoms with van der Waals surface area (Å²) in [6, 6.07) is -0.353. The summed E-state index contributed by atoms with van der Waals surface area (Å²) in [6.07, 6.45) is 0.584. The molecule has 0 aromatic heterocycles. The SMILES string of the molecule is CC1NCN(C2CSSCCC2=O)C1=O. The third-order valence-electron chi connectivity index (χ3n) is 2.71. The molecule has 2 unspecified atom stereocenters. The summed E-state index contributed by atoms with van der Waals surface area (Å²) in [5, 5.41) is 3.07. The van der Waals surface area contributed by atoms with Gasteiger partial charge in [0.05, 0.1) is 12.7 Å². The van der Waals surface area contributed by atoms with E-state index >= 15 is 0 Å². The van der Waals surface area contributed by atoms with Crippen LogP contribution in [-0.2, 0) is 9.59 Å². The minimum Gasteiger partial charge on any atom is -0.318 e. The fourth-order valence-electron chi connectivity index (χ4n) is 1.75. The highest BCUT2D eigenvalue weighted by atomic mass is 33.1. The second kappa shape index (κ2) is 4.76. The molecule has 0 saturated carbocycles. The van der Waals surface area contributed by atoms with E-state index in [1.807, 2.05) is 6.92 Å². The van der Waals surface area contributed by atoms with Crippen LogP contribution in [-0.4, -0.2) is 46.8 Å². The Bertz CT molecular complexity index is 285. The van der Waals surface area contributed by atoms with Crippen LogP contribution in [0.1, 0.15) is 13.3 Å². The maximum atomic E-state index is 11.8. The van der Waals surface area contributed by atoms with Gasteiger partial charge in [-0.15, -0.1) is 0 Å². The summed E-state index contributed by atoms with van der Waals surface area (Å²) in [5.41, 5.74) is 0. The van der Waals surface area contributed by atoms with Crippen LogP contribution in [0.25, 0.3) is 0 Å². The molecule has 6 heteroatoms. The van der Waals surface area contributed by atoms with Gasteiger partial charge in [0.25, 0.3) is 0 Å². The Balaban J connectivity index is 2.08. The van der Waals surface area contributed by atoms with Crippen molar-refractivity contribution in [3.05, 3.63) is 0 Å². The van der Waals surface area contributed by atoms with Crippen molar-refractivity contribution in [2.75, 3.05) is 18.2 Å². The molecular weight excluding hydrogens is 232 g/mol. The second-order valence-corrected chi connectivity index (χ2v) is 6.36. The van der Waals surface area contributed by atoms with Gasteiger partial charge in [-0.2, -0.15) is 0 Å². The average molecular weight is 246 g/mol. The predicted octanol–water partition coefficient (Wildman–Crippen LogP) is 0.487. The highest BCUT2D eigenvalue weighted by Crippen LogP contribution is 2.29. The molecule has 0 aliphatic carbocycles. The first kappa shape index (κ1) is 11.3. The van der Waals surface area contributed by atoms with Crippen molar-refractivity contribution in [3.63, 3.8) is 0 Å². The zero-order chi connectivity index (χ0) is 10.8. The Morgan fingerprint density at radius 2 is 2.20 bits per heavy atom. The van der Waals surface area contributed by atoms with Gasteiger partial charge in [0.15, 0.2) is 5.78 Å². The highest BCUT2D eigenvalue weighted by Gasteiger charge is 2.36. The molecule has 2 saturated heterocycles. The third-order valence-corrected chi connectivity index (χ3v) is 5.11. The van der Waals surface area contributed by atoms with E-state index in [1.54, 1.807) is 26.5 Å². The van der Waals surface area contributed by atoms with E-state index in [-0.39, 0.29) is 23.8 Å². The summed E-state index contributed by atoms with van der Waals surface area (Å²) in [6.45, 7) is 2.35. The topological polar surface area (TPSA) is 49.4 Å². The minimum absolute atomic E-state index is 0.0563. The zero-order valence-electron chi connectivity index (χ0n) is 8.56. The Hall–Kier alpha value is -0.200. The molecule has 2 aliphatic heterocycles. The Morgan fingerprint density at radius 3 is 2.87 bits per heavy atom. The molecule has 0 radical (unpaired) electrons. The molecular formula is C9H14N2O2S2. The van der Waals surface area contributed by atoms with Gasteiger partial charge in [0.1, 0.15) is 6.04 Å². The molecule has 1 amide bonds. The molecule has 0 aromatic carbocycles. The van der Waals surface area contributed by atoms with Crippen LogP contribution in [0.15, 0.2) is 0 Å². The maximum Gasteiger partial charge on any atom is 0.241 e. The third kappa shape index (κ3) is 2.32. The Morgan fingerprint density at radius 1 is 1.40 bits per heavy atom. The van der Waals surface area contributed by atoms with Crippen molar-refractivity contribution >= 4 is 33.3 Å². The van der Waals surface area contributed by atoms with Gasteiger partial charge in [-0.3, -0.25) is 14.9 Å². The molecule has 2 atom stereocenters. The van der Waals surface area contributed by atoms with Gasteiger partial charge in [0, 0.05) is 17.9 Å². The van der Waals surface area contributed by atoms with Gasteiger partial charge in [-0.05, 0) is 6.92 Å². The quantitative estimate of drug-likeness (QED) is 0.682. The van der Waals surface area contributed by atoms with Gasteiger partial charge in [-0.1, -0.05) is 21.6 Å². The molecule has 0 bridgehead atoms. The minimum atomic E-state index is -0.213. The van der Waals surface area contributed by atoms with Gasteiger partial charge >= 0.3 is 0 Å². The van der Waals surface area contributed by atoms with Crippen LogP contribution in [0.3, 0.4) is 0 Å². The number of rotatable bonds is 1. The number of carbonyl (C=O) groups is 2. The standard InChI is InChI=1S/C9H14N2O2S2/c1-6-9(13)11(5-10-6)7-4-15-14-3-2-8(7)12/h6-7,10H,2-5H2,1H3. The second-order valence-electron chi connectivity index (χ2n) is 3.73. The molecule has 15 heavy (non-hydrogen) atoms. The first-order valence-electron chi connectivity index (χ1n) is 5.01. The lowest BCUT2D eigenvalue weighted by molar-refractivity contribution is -0.136. The number of nitrogens with zero attached hydrogens (tertiary/aromatic N) is 1. The molecule has 2 fully saturated rings. The fraction of sp³-hybridized carbons (Fsp3) is 0.778. The molecule has 0 spiro atoms. The van der Waals surface area contributed by atoms with E-state index in [4.69, 9.17) is 0 Å². The van der Waals surface area contributed by atoms with Gasteiger partial charge in [-0.25, -0.2) is 0 Å². The zero-order valence-corrected chi connectivity index (χ0v) is 10.2. The first-order valence-corrected chi connectivity index (χ1v) is 7.50. The van der Waals surface area contributed by atoms with Gasteiger partial charge in [0.2, 0.25) is 5.91 Å². The van der Waals surface area contributed by atoms with Crippen molar-refractivity contribution in [2.45, 2.75) is 25.4 Å². The van der Waals surface area contributed by atoms with E-state index in [1.165, 1.54) is 0 Å².